The Labute approximate surface area is 136 Å². The molecule has 0 bridgehead atoms. The van der Waals surface area contributed by atoms with Crippen LogP contribution in [0.3, 0.4) is 0 Å². The number of sulfonamides is 1. The lowest BCUT2D eigenvalue weighted by molar-refractivity contribution is -0.116. The van der Waals surface area contributed by atoms with Crippen LogP contribution >= 0.6 is 11.6 Å². The van der Waals surface area contributed by atoms with Crippen molar-refractivity contribution in [1.82, 2.24) is 4.31 Å². The van der Waals surface area contributed by atoms with E-state index in [0.717, 1.165) is 0 Å². The van der Waals surface area contributed by atoms with Crippen LogP contribution in [-0.2, 0) is 14.8 Å². The number of carbonyl (C=O) groups is 1. The molecule has 0 aromatic heterocycles. The number of hydrogen-bond donors (Lipinski definition) is 2. The fourth-order valence-corrected chi connectivity index (χ4v) is 3.93. The second kappa shape index (κ2) is 8.47. The van der Waals surface area contributed by atoms with Gasteiger partial charge in [-0.3, -0.25) is 4.79 Å². The Kier molecular flexibility index (Phi) is 7.28. The van der Waals surface area contributed by atoms with Gasteiger partial charge in [0.15, 0.2) is 0 Å². The second-order valence-electron chi connectivity index (χ2n) is 4.67. The Morgan fingerprint density at radius 1 is 1.32 bits per heavy atom. The van der Waals surface area contributed by atoms with Gasteiger partial charge < -0.3 is 11.1 Å². The van der Waals surface area contributed by atoms with Gasteiger partial charge in [0.05, 0.1) is 5.02 Å². The third kappa shape index (κ3) is 4.67. The quantitative estimate of drug-likeness (QED) is 0.752. The van der Waals surface area contributed by atoms with E-state index in [1.165, 1.54) is 16.4 Å². The summed E-state index contributed by atoms with van der Waals surface area (Å²) in [4.78, 5) is 11.7. The molecule has 0 fully saturated rings. The maximum Gasteiger partial charge on any atom is 0.244 e. The van der Waals surface area contributed by atoms with Crippen LogP contribution in [0.4, 0.5) is 5.69 Å². The van der Waals surface area contributed by atoms with E-state index in [9.17, 15) is 13.2 Å². The number of hydrogen-bond acceptors (Lipinski definition) is 4. The fraction of sp³-hybridized carbons (Fsp3) is 0.500. The lowest BCUT2D eigenvalue weighted by atomic mass is 10.2. The van der Waals surface area contributed by atoms with Crippen LogP contribution in [0.2, 0.25) is 5.02 Å². The van der Waals surface area contributed by atoms with Crippen molar-refractivity contribution >= 4 is 33.2 Å². The van der Waals surface area contributed by atoms with Gasteiger partial charge in [0.1, 0.15) is 4.90 Å². The predicted molar refractivity (Wildman–Crippen MR) is 88.5 cm³/mol. The zero-order valence-corrected chi connectivity index (χ0v) is 14.4. The van der Waals surface area contributed by atoms with Crippen molar-refractivity contribution in [2.45, 2.75) is 31.6 Å². The average Bonchev–Trinajstić information content (AvgIpc) is 2.48. The molecule has 8 heteroatoms. The van der Waals surface area contributed by atoms with E-state index in [2.05, 4.69) is 5.32 Å². The minimum absolute atomic E-state index is 0.00510. The Morgan fingerprint density at radius 2 is 1.95 bits per heavy atom. The van der Waals surface area contributed by atoms with Crippen LogP contribution in [0, 0.1) is 0 Å². The third-order valence-corrected chi connectivity index (χ3v) is 5.68. The monoisotopic (exact) mass is 347 g/mol. The van der Waals surface area contributed by atoms with Crippen molar-refractivity contribution in [2.75, 3.05) is 25.0 Å². The smallest absolute Gasteiger partial charge is 0.244 e. The molecule has 0 saturated carbocycles. The van der Waals surface area contributed by atoms with Gasteiger partial charge in [0, 0.05) is 25.2 Å². The molecule has 3 N–H and O–H groups in total. The standard InChI is InChI=1S/C14H22ClN3O3S/c1-3-18(4-2)22(20,21)13-10-11(7-8-12(13)15)17-14(19)6-5-9-16/h7-8,10H,3-6,9,16H2,1-2H3,(H,17,19). The number of nitrogens with zero attached hydrogens (tertiary/aromatic N) is 1. The average molecular weight is 348 g/mol. The minimum Gasteiger partial charge on any atom is -0.330 e. The van der Waals surface area contributed by atoms with Gasteiger partial charge in [-0.1, -0.05) is 25.4 Å². The number of nitrogens with one attached hydrogen (secondary N) is 1. The molecule has 0 atom stereocenters. The molecule has 22 heavy (non-hydrogen) atoms. The summed E-state index contributed by atoms with van der Waals surface area (Å²) in [5, 5.41) is 2.79. The molecule has 1 amide bonds. The van der Waals surface area contributed by atoms with Gasteiger partial charge in [0.2, 0.25) is 15.9 Å². The Hall–Kier alpha value is -1.15. The largest absolute Gasteiger partial charge is 0.330 e. The molecule has 0 spiro atoms. The van der Waals surface area contributed by atoms with Crippen molar-refractivity contribution < 1.29 is 13.2 Å². The molecule has 6 nitrogen and oxygen atoms in total. The van der Waals surface area contributed by atoms with Crippen LogP contribution in [0.25, 0.3) is 0 Å². The topological polar surface area (TPSA) is 92.5 Å². The first kappa shape index (κ1) is 18.9. The maximum absolute atomic E-state index is 12.5. The molecule has 0 heterocycles. The van der Waals surface area contributed by atoms with E-state index in [1.807, 2.05) is 0 Å². The van der Waals surface area contributed by atoms with E-state index in [4.69, 9.17) is 17.3 Å². The molecule has 0 saturated heterocycles. The highest BCUT2D eigenvalue weighted by molar-refractivity contribution is 7.89. The number of carbonyl (C=O) groups excluding carboxylic acids is 1. The summed E-state index contributed by atoms with van der Waals surface area (Å²) in [6, 6.07) is 4.43. The molecule has 0 aliphatic rings. The molecule has 1 aromatic rings. The summed E-state index contributed by atoms with van der Waals surface area (Å²) < 4.78 is 26.4. The van der Waals surface area contributed by atoms with Crippen LogP contribution < -0.4 is 11.1 Å². The van der Waals surface area contributed by atoms with E-state index in [-0.39, 0.29) is 22.2 Å². The first-order valence-electron chi connectivity index (χ1n) is 7.16. The minimum atomic E-state index is -3.68. The Bertz CT molecular complexity index is 616. The second-order valence-corrected chi connectivity index (χ2v) is 6.99. The summed E-state index contributed by atoms with van der Waals surface area (Å²) in [6.45, 7) is 4.64. The highest BCUT2D eigenvalue weighted by Crippen LogP contribution is 2.27. The highest BCUT2D eigenvalue weighted by atomic mass is 35.5. The number of amides is 1. The molecule has 0 aliphatic heterocycles. The zero-order chi connectivity index (χ0) is 16.8. The van der Waals surface area contributed by atoms with Gasteiger partial charge in [-0.15, -0.1) is 0 Å². The number of nitrogens with two attached hydrogens (primary N) is 1. The lowest BCUT2D eigenvalue weighted by Crippen LogP contribution is -2.30. The number of anilines is 1. The summed E-state index contributed by atoms with van der Waals surface area (Å²) in [6.07, 6.45) is 0.862. The van der Waals surface area contributed by atoms with Crippen LogP contribution in [0.15, 0.2) is 23.1 Å². The van der Waals surface area contributed by atoms with Gasteiger partial charge in [-0.05, 0) is 31.2 Å². The van der Waals surface area contributed by atoms with Crippen LogP contribution in [0.5, 0.6) is 0 Å². The summed E-state index contributed by atoms with van der Waals surface area (Å²) in [7, 11) is -3.68. The number of rotatable bonds is 8. The molecular formula is C14H22ClN3O3S. The highest BCUT2D eigenvalue weighted by Gasteiger charge is 2.24. The Morgan fingerprint density at radius 3 is 2.50 bits per heavy atom. The number of halogens is 1. The SMILES string of the molecule is CCN(CC)S(=O)(=O)c1cc(NC(=O)CCCN)ccc1Cl. The fourth-order valence-electron chi connectivity index (χ4n) is 1.97. The zero-order valence-electron chi connectivity index (χ0n) is 12.8. The molecular weight excluding hydrogens is 326 g/mol. The Balaban J connectivity index is 3.07. The van der Waals surface area contributed by atoms with E-state index in [1.54, 1.807) is 19.9 Å². The molecule has 124 valence electrons. The maximum atomic E-state index is 12.5. The van der Waals surface area contributed by atoms with Crippen LogP contribution in [-0.4, -0.2) is 38.3 Å². The third-order valence-electron chi connectivity index (χ3n) is 3.15. The van der Waals surface area contributed by atoms with Gasteiger partial charge >= 0.3 is 0 Å². The number of benzene rings is 1. The summed E-state index contributed by atoms with van der Waals surface area (Å²) in [5.74, 6) is -0.209. The van der Waals surface area contributed by atoms with Gasteiger partial charge in [-0.2, -0.15) is 4.31 Å². The van der Waals surface area contributed by atoms with E-state index < -0.39 is 10.0 Å². The molecule has 0 unspecified atom stereocenters. The van der Waals surface area contributed by atoms with Crippen LogP contribution in [0.1, 0.15) is 26.7 Å². The van der Waals surface area contributed by atoms with Gasteiger partial charge in [0.25, 0.3) is 0 Å². The lowest BCUT2D eigenvalue weighted by Gasteiger charge is -2.19. The van der Waals surface area contributed by atoms with E-state index >= 15 is 0 Å². The van der Waals surface area contributed by atoms with Crippen molar-refractivity contribution in [3.8, 4) is 0 Å². The predicted octanol–water partition coefficient (Wildman–Crippen LogP) is 2.05. The van der Waals surface area contributed by atoms with Crippen molar-refractivity contribution in [1.29, 1.82) is 0 Å². The normalized spacial score (nSPS) is 11.7. The molecule has 1 aromatic carbocycles. The van der Waals surface area contributed by atoms with Crippen molar-refractivity contribution in [3.05, 3.63) is 23.2 Å². The van der Waals surface area contributed by atoms with Crippen molar-refractivity contribution in [3.63, 3.8) is 0 Å². The van der Waals surface area contributed by atoms with Crippen molar-refractivity contribution in [2.24, 2.45) is 5.73 Å². The first-order valence-corrected chi connectivity index (χ1v) is 8.98. The molecule has 0 radical (unpaired) electrons. The van der Waals surface area contributed by atoms with Gasteiger partial charge in [-0.25, -0.2) is 8.42 Å². The first-order chi connectivity index (χ1) is 10.4. The summed E-state index contributed by atoms with van der Waals surface area (Å²) >= 11 is 6.02. The van der Waals surface area contributed by atoms with E-state index in [0.29, 0.717) is 31.7 Å². The molecule has 1 rings (SSSR count). The summed E-state index contributed by atoms with van der Waals surface area (Å²) in [5.41, 5.74) is 5.75. The molecule has 0 aliphatic carbocycles.